The van der Waals surface area contributed by atoms with Gasteiger partial charge in [-0.15, -0.1) is 0 Å². The van der Waals surface area contributed by atoms with E-state index in [1.54, 1.807) is 0 Å². The van der Waals surface area contributed by atoms with Crippen LogP contribution in [0.1, 0.15) is 65.7 Å². The van der Waals surface area contributed by atoms with Crippen LogP contribution in [0.5, 0.6) is 0 Å². The standard InChI is InChI=1S/C21H32O/c1-14-4-6-16-8-11-21(22)18(13-17(16)12-14)9-10-20(3)15(2)5-7-19(20)21/h4,6,12,15-19,22H,5,7-11,13H2,1-3H3. The number of hydrogen-bond donors (Lipinski definition) is 1. The Bertz CT molecular complexity index is 518. The van der Waals surface area contributed by atoms with E-state index in [0.717, 1.165) is 12.3 Å². The van der Waals surface area contributed by atoms with Crippen LogP contribution < -0.4 is 0 Å². The van der Waals surface area contributed by atoms with Gasteiger partial charge < -0.3 is 5.11 Å². The van der Waals surface area contributed by atoms with Crippen molar-refractivity contribution in [2.75, 3.05) is 0 Å². The number of rotatable bonds is 0. The fraction of sp³-hybridized carbons (Fsp3) is 0.810. The van der Waals surface area contributed by atoms with Gasteiger partial charge in [0.2, 0.25) is 0 Å². The maximum Gasteiger partial charge on any atom is 0.0709 e. The van der Waals surface area contributed by atoms with Crippen LogP contribution in [0.15, 0.2) is 23.8 Å². The summed E-state index contributed by atoms with van der Waals surface area (Å²) < 4.78 is 0. The van der Waals surface area contributed by atoms with Gasteiger partial charge in [0, 0.05) is 0 Å². The molecule has 1 nitrogen and oxygen atoms in total. The lowest BCUT2D eigenvalue weighted by atomic mass is 9.54. The molecule has 0 saturated heterocycles. The molecule has 0 aliphatic heterocycles. The Morgan fingerprint density at radius 1 is 1.09 bits per heavy atom. The molecule has 0 aromatic rings. The van der Waals surface area contributed by atoms with Crippen LogP contribution >= 0.6 is 0 Å². The van der Waals surface area contributed by atoms with Crippen molar-refractivity contribution >= 4 is 0 Å². The number of hydrogen-bond acceptors (Lipinski definition) is 1. The summed E-state index contributed by atoms with van der Waals surface area (Å²) in [5.41, 5.74) is 1.43. The second-order valence-corrected chi connectivity index (χ2v) is 9.14. The third-order valence-electron chi connectivity index (χ3n) is 8.22. The van der Waals surface area contributed by atoms with Crippen molar-refractivity contribution in [3.63, 3.8) is 0 Å². The zero-order valence-electron chi connectivity index (χ0n) is 14.5. The summed E-state index contributed by atoms with van der Waals surface area (Å²) in [7, 11) is 0. The van der Waals surface area contributed by atoms with Gasteiger partial charge in [-0.05, 0) is 86.9 Å². The molecule has 3 fully saturated rings. The molecular formula is C21H32O. The number of allylic oxidation sites excluding steroid dienone is 4. The van der Waals surface area contributed by atoms with Crippen molar-refractivity contribution in [3.8, 4) is 0 Å². The molecule has 0 radical (unpaired) electrons. The summed E-state index contributed by atoms with van der Waals surface area (Å²) in [6, 6.07) is 0. The van der Waals surface area contributed by atoms with E-state index in [-0.39, 0.29) is 5.60 Å². The molecule has 7 atom stereocenters. The van der Waals surface area contributed by atoms with Crippen LogP contribution in [0.3, 0.4) is 0 Å². The monoisotopic (exact) mass is 300 g/mol. The molecule has 4 aliphatic carbocycles. The Morgan fingerprint density at radius 2 is 1.91 bits per heavy atom. The summed E-state index contributed by atoms with van der Waals surface area (Å²) in [6.45, 7) is 7.13. The first-order valence-electron chi connectivity index (χ1n) is 9.52. The van der Waals surface area contributed by atoms with Gasteiger partial charge in [0.1, 0.15) is 0 Å². The highest BCUT2D eigenvalue weighted by Crippen LogP contribution is 2.63. The predicted octanol–water partition coefficient (Wildman–Crippen LogP) is 5.11. The average molecular weight is 300 g/mol. The van der Waals surface area contributed by atoms with E-state index in [0.29, 0.717) is 29.1 Å². The molecule has 0 aromatic heterocycles. The molecule has 122 valence electrons. The van der Waals surface area contributed by atoms with E-state index >= 15 is 0 Å². The lowest BCUT2D eigenvalue weighted by molar-refractivity contribution is -0.146. The number of aliphatic hydroxyl groups is 1. The first-order chi connectivity index (χ1) is 10.4. The molecule has 0 aromatic carbocycles. The molecule has 0 amide bonds. The van der Waals surface area contributed by atoms with Crippen molar-refractivity contribution in [1.82, 2.24) is 0 Å². The zero-order chi connectivity index (χ0) is 15.5. The summed E-state index contributed by atoms with van der Waals surface area (Å²) >= 11 is 0. The van der Waals surface area contributed by atoms with Crippen LogP contribution in [0, 0.1) is 35.0 Å². The summed E-state index contributed by atoms with van der Waals surface area (Å²) in [5, 5.41) is 11.8. The lowest BCUT2D eigenvalue weighted by Gasteiger charge is -2.53. The molecule has 0 heterocycles. The van der Waals surface area contributed by atoms with Gasteiger partial charge in [0.25, 0.3) is 0 Å². The first kappa shape index (κ1) is 15.0. The minimum atomic E-state index is -0.384. The Kier molecular flexibility index (Phi) is 3.39. The predicted molar refractivity (Wildman–Crippen MR) is 91.4 cm³/mol. The lowest BCUT2D eigenvalue weighted by Crippen LogP contribution is -2.54. The Hall–Kier alpha value is -0.560. The van der Waals surface area contributed by atoms with Crippen molar-refractivity contribution in [2.24, 2.45) is 35.0 Å². The maximum atomic E-state index is 11.8. The fourth-order valence-electron chi connectivity index (χ4n) is 6.60. The van der Waals surface area contributed by atoms with Crippen molar-refractivity contribution in [2.45, 2.75) is 71.3 Å². The van der Waals surface area contributed by atoms with E-state index in [9.17, 15) is 5.11 Å². The van der Waals surface area contributed by atoms with Crippen LogP contribution in [0.4, 0.5) is 0 Å². The topological polar surface area (TPSA) is 20.2 Å². The molecule has 4 rings (SSSR count). The Balaban J connectivity index is 1.66. The van der Waals surface area contributed by atoms with Crippen molar-refractivity contribution in [1.29, 1.82) is 0 Å². The van der Waals surface area contributed by atoms with Gasteiger partial charge in [-0.3, -0.25) is 0 Å². The zero-order valence-corrected chi connectivity index (χ0v) is 14.5. The van der Waals surface area contributed by atoms with E-state index < -0.39 is 0 Å². The fourth-order valence-corrected chi connectivity index (χ4v) is 6.60. The van der Waals surface area contributed by atoms with Gasteiger partial charge in [-0.25, -0.2) is 0 Å². The molecule has 1 heteroatoms. The second kappa shape index (κ2) is 4.97. The average Bonchev–Trinajstić information content (AvgIpc) is 2.70. The van der Waals surface area contributed by atoms with Crippen molar-refractivity contribution < 1.29 is 5.11 Å². The minimum Gasteiger partial charge on any atom is -0.389 e. The smallest absolute Gasteiger partial charge is 0.0709 e. The molecule has 7 unspecified atom stereocenters. The molecule has 3 saturated carbocycles. The molecule has 0 bridgehead atoms. The van der Waals surface area contributed by atoms with E-state index in [2.05, 4.69) is 39.0 Å². The highest BCUT2D eigenvalue weighted by Gasteiger charge is 2.60. The Labute approximate surface area is 135 Å². The summed E-state index contributed by atoms with van der Waals surface area (Å²) in [5.74, 6) is 3.20. The third kappa shape index (κ3) is 2.00. The quantitative estimate of drug-likeness (QED) is 0.659. The summed E-state index contributed by atoms with van der Waals surface area (Å²) in [4.78, 5) is 0. The van der Waals surface area contributed by atoms with Crippen LogP contribution in [-0.4, -0.2) is 10.7 Å². The number of fused-ring (bicyclic) bond motifs is 4. The van der Waals surface area contributed by atoms with Gasteiger partial charge in [-0.1, -0.05) is 37.6 Å². The van der Waals surface area contributed by atoms with Gasteiger partial charge in [-0.2, -0.15) is 0 Å². The van der Waals surface area contributed by atoms with E-state index in [1.165, 1.54) is 44.1 Å². The van der Waals surface area contributed by atoms with Crippen LogP contribution in [-0.2, 0) is 0 Å². The highest BCUT2D eigenvalue weighted by molar-refractivity contribution is 5.25. The summed E-state index contributed by atoms with van der Waals surface area (Å²) in [6.07, 6.45) is 15.8. The largest absolute Gasteiger partial charge is 0.389 e. The normalized spacial score (nSPS) is 54.0. The second-order valence-electron chi connectivity index (χ2n) is 9.14. The van der Waals surface area contributed by atoms with Crippen LogP contribution in [0.2, 0.25) is 0 Å². The van der Waals surface area contributed by atoms with Gasteiger partial charge in [0.05, 0.1) is 5.60 Å². The van der Waals surface area contributed by atoms with Gasteiger partial charge >= 0.3 is 0 Å². The highest BCUT2D eigenvalue weighted by atomic mass is 16.3. The maximum absolute atomic E-state index is 11.8. The van der Waals surface area contributed by atoms with Gasteiger partial charge in [0.15, 0.2) is 0 Å². The molecule has 1 N–H and O–H groups in total. The van der Waals surface area contributed by atoms with Crippen molar-refractivity contribution in [3.05, 3.63) is 23.8 Å². The molecular weight excluding hydrogens is 268 g/mol. The molecule has 22 heavy (non-hydrogen) atoms. The first-order valence-corrected chi connectivity index (χ1v) is 9.52. The van der Waals surface area contributed by atoms with E-state index in [4.69, 9.17) is 0 Å². The van der Waals surface area contributed by atoms with Crippen LogP contribution in [0.25, 0.3) is 0 Å². The molecule has 4 aliphatic rings. The Morgan fingerprint density at radius 3 is 2.73 bits per heavy atom. The molecule has 0 spiro atoms. The minimum absolute atomic E-state index is 0.384. The van der Waals surface area contributed by atoms with E-state index in [1.807, 2.05) is 0 Å². The third-order valence-corrected chi connectivity index (χ3v) is 8.22. The SMILES string of the molecule is CC1=CC2CC3CCC4(C)C(C)CCC4C3(O)CCC2C=C1.